The lowest BCUT2D eigenvalue weighted by molar-refractivity contribution is -0.161. The van der Waals surface area contributed by atoms with Crippen molar-refractivity contribution in [3.8, 4) is 0 Å². The summed E-state index contributed by atoms with van der Waals surface area (Å²) in [6.07, 6.45) is 75.6. The Morgan fingerprint density at radius 2 is 0.520 bits per heavy atom. The van der Waals surface area contributed by atoms with Crippen LogP contribution < -0.4 is 0 Å². The highest BCUT2D eigenvalue weighted by molar-refractivity contribution is 7.47. The monoisotopic (exact) mass is 1450 g/mol. The first kappa shape index (κ1) is 96.2. The molecule has 0 saturated carbocycles. The predicted molar refractivity (Wildman–Crippen MR) is 409 cm³/mol. The Hall–Kier alpha value is -3.76. The molecule has 580 valence electrons. The molecule has 3 N–H and O–H groups in total. The minimum atomic E-state index is -4.98. The minimum absolute atomic E-state index is 0.0934. The van der Waals surface area contributed by atoms with Crippen LogP contribution in [0.2, 0.25) is 0 Å². The molecule has 0 aromatic heterocycles. The van der Waals surface area contributed by atoms with Gasteiger partial charge in [-0.3, -0.25) is 37.3 Å². The van der Waals surface area contributed by atoms with Crippen molar-refractivity contribution in [3.05, 3.63) is 85.1 Å². The van der Waals surface area contributed by atoms with Crippen molar-refractivity contribution in [3.63, 3.8) is 0 Å². The number of carbonyl (C=O) groups excluding carboxylic acids is 4. The molecule has 0 aromatic rings. The summed E-state index contributed by atoms with van der Waals surface area (Å²) >= 11 is 0. The number of aliphatic hydroxyl groups excluding tert-OH is 1. The lowest BCUT2D eigenvalue weighted by Gasteiger charge is -2.21. The van der Waals surface area contributed by atoms with E-state index in [1.54, 1.807) is 0 Å². The standard InChI is InChI=1S/C81H144O17P2/c1-5-9-13-17-21-25-29-33-36-37-40-43-46-50-54-58-62-66-79(84)92-71-76(97-80(85)67-63-59-55-51-47-41-32-28-24-20-16-12-8-4)73-95-99(87,88)93-69-75(82)70-94-100(89,90)96-74-77(98-81(86)68-64-60-56-52-48-44-39-35-31-27-23-19-15-11-7-3)72-91-78(83)65-61-57-53-49-45-42-38-34-30-26-22-18-14-10-6-2/h9-10,13-14,21-22,25-26,33-34,36,38,40,43,75-77,82H,5-8,11-12,15-20,23-24,27-32,35,37,39,41-42,44-74H2,1-4H3,(H,87,88)(H,89,90)/b13-9-,14-10-,25-21-,26-22-,36-33-,38-34-,43-40-. The summed E-state index contributed by atoms with van der Waals surface area (Å²) in [6, 6.07) is 0. The summed E-state index contributed by atoms with van der Waals surface area (Å²) in [5, 5.41) is 10.6. The molecule has 0 radical (unpaired) electrons. The van der Waals surface area contributed by atoms with E-state index >= 15 is 0 Å². The average Bonchev–Trinajstić information content (AvgIpc) is 0.965. The zero-order valence-electron chi connectivity index (χ0n) is 63.4. The number of esters is 4. The maximum absolute atomic E-state index is 13.1. The van der Waals surface area contributed by atoms with Crippen molar-refractivity contribution in [2.24, 2.45) is 0 Å². The van der Waals surface area contributed by atoms with Gasteiger partial charge in [-0.05, 0) is 96.3 Å². The molecule has 5 atom stereocenters. The van der Waals surface area contributed by atoms with E-state index < -0.39 is 97.5 Å². The second kappa shape index (κ2) is 73.5. The van der Waals surface area contributed by atoms with E-state index in [0.717, 1.165) is 154 Å². The molecule has 0 aliphatic rings. The molecule has 0 spiro atoms. The number of rotatable bonds is 75. The molecule has 5 unspecified atom stereocenters. The van der Waals surface area contributed by atoms with Gasteiger partial charge in [0.05, 0.1) is 26.4 Å². The molecular weight excluding hydrogens is 1310 g/mol. The van der Waals surface area contributed by atoms with Gasteiger partial charge in [-0.25, -0.2) is 9.13 Å². The molecule has 100 heavy (non-hydrogen) atoms. The van der Waals surface area contributed by atoms with Gasteiger partial charge in [-0.1, -0.05) is 312 Å². The van der Waals surface area contributed by atoms with E-state index in [9.17, 15) is 43.2 Å². The number of unbranched alkanes of at least 4 members (excludes halogenated alkanes) is 35. The zero-order valence-corrected chi connectivity index (χ0v) is 65.2. The van der Waals surface area contributed by atoms with Gasteiger partial charge in [0.15, 0.2) is 12.2 Å². The molecule has 0 saturated heterocycles. The Labute approximate surface area is 608 Å². The number of carbonyl (C=O) groups is 4. The van der Waals surface area contributed by atoms with Gasteiger partial charge in [-0.2, -0.15) is 0 Å². The Morgan fingerprint density at radius 3 is 0.800 bits per heavy atom. The predicted octanol–water partition coefficient (Wildman–Crippen LogP) is 23.0. The highest BCUT2D eigenvalue weighted by atomic mass is 31.2. The van der Waals surface area contributed by atoms with Crippen molar-refractivity contribution >= 4 is 39.5 Å². The van der Waals surface area contributed by atoms with Crippen LogP contribution in [0.1, 0.15) is 349 Å². The van der Waals surface area contributed by atoms with Crippen LogP contribution >= 0.6 is 15.6 Å². The number of phosphoric ester groups is 2. The summed E-state index contributed by atoms with van der Waals surface area (Å²) < 4.78 is 68.6. The van der Waals surface area contributed by atoms with Crippen LogP contribution in [0.15, 0.2) is 85.1 Å². The van der Waals surface area contributed by atoms with Crippen molar-refractivity contribution in [2.75, 3.05) is 39.6 Å². The zero-order chi connectivity index (χ0) is 73.2. The third kappa shape index (κ3) is 72.6. The number of phosphoric acid groups is 2. The fourth-order valence-electron chi connectivity index (χ4n) is 10.9. The van der Waals surface area contributed by atoms with Gasteiger partial charge in [0.2, 0.25) is 0 Å². The van der Waals surface area contributed by atoms with Crippen LogP contribution in [0.25, 0.3) is 0 Å². The molecule has 19 heteroatoms. The quantitative estimate of drug-likeness (QED) is 0.0169. The molecule has 0 heterocycles. The third-order valence-corrected chi connectivity index (χ3v) is 18.8. The number of ether oxygens (including phenoxy) is 4. The molecule has 0 rings (SSSR count). The topological polar surface area (TPSA) is 237 Å². The summed E-state index contributed by atoms with van der Waals surface area (Å²) in [5.74, 6) is -2.19. The summed E-state index contributed by atoms with van der Waals surface area (Å²) in [4.78, 5) is 73.0. The fraction of sp³-hybridized carbons (Fsp3) is 0.778. The van der Waals surface area contributed by atoms with Gasteiger partial charge < -0.3 is 33.8 Å². The maximum atomic E-state index is 13.1. The highest BCUT2D eigenvalue weighted by Gasteiger charge is 2.30. The van der Waals surface area contributed by atoms with Crippen molar-refractivity contribution < 1.29 is 80.2 Å². The van der Waals surface area contributed by atoms with Gasteiger partial charge in [-0.15, -0.1) is 0 Å². The first-order valence-electron chi connectivity index (χ1n) is 39.8. The SMILES string of the molecule is CC/C=C\C/C=C\C/C=C\C/C=C\CCCCCCC(=O)OCC(COP(=O)(O)OCC(O)COP(=O)(O)OCC(COC(=O)CCCCCCC/C=C\C/C=C\C/C=C\CC)OC(=O)CCCCCCCCCCCCCCCCC)OC(=O)CCCCCCCCCCCCCCC. The molecule has 0 aliphatic heterocycles. The summed E-state index contributed by atoms with van der Waals surface area (Å²) in [6.45, 7) is 4.66. The van der Waals surface area contributed by atoms with E-state index in [2.05, 4.69) is 113 Å². The van der Waals surface area contributed by atoms with E-state index in [1.165, 1.54) is 116 Å². The van der Waals surface area contributed by atoms with Gasteiger partial charge in [0, 0.05) is 25.7 Å². The molecule has 0 amide bonds. The minimum Gasteiger partial charge on any atom is -0.462 e. The van der Waals surface area contributed by atoms with Crippen molar-refractivity contribution in [1.29, 1.82) is 0 Å². The lowest BCUT2D eigenvalue weighted by atomic mass is 10.0. The normalized spacial score (nSPS) is 14.3. The van der Waals surface area contributed by atoms with Crippen LogP contribution in [-0.2, 0) is 65.4 Å². The first-order valence-corrected chi connectivity index (χ1v) is 42.8. The third-order valence-electron chi connectivity index (χ3n) is 16.9. The molecule has 0 bridgehead atoms. The number of allylic oxidation sites excluding steroid dienone is 14. The molecule has 0 aromatic carbocycles. The van der Waals surface area contributed by atoms with Gasteiger partial charge in [0.1, 0.15) is 19.3 Å². The van der Waals surface area contributed by atoms with Gasteiger partial charge >= 0.3 is 39.5 Å². The van der Waals surface area contributed by atoms with Crippen LogP contribution in [0.3, 0.4) is 0 Å². The van der Waals surface area contributed by atoms with E-state index in [0.29, 0.717) is 25.7 Å². The average molecular weight is 1450 g/mol. The van der Waals surface area contributed by atoms with Crippen LogP contribution in [-0.4, -0.2) is 96.7 Å². The molecule has 0 aliphatic carbocycles. The van der Waals surface area contributed by atoms with Gasteiger partial charge in [0.25, 0.3) is 0 Å². The fourth-order valence-corrected chi connectivity index (χ4v) is 12.5. The van der Waals surface area contributed by atoms with Crippen LogP contribution in [0.5, 0.6) is 0 Å². The Balaban J connectivity index is 5.35. The summed E-state index contributed by atoms with van der Waals surface area (Å²) in [5.41, 5.74) is 0. The van der Waals surface area contributed by atoms with E-state index in [1.807, 2.05) is 0 Å². The highest BCUT2D eigenvalue weighted by Crippen LogP contribution is 2.45. The smallest absolute Gasteiger partial charge is 0.462 e. The molecule has 17 nitrogen and oxygen atoms in total. The first-order chi connectivity index (χ1) is 48.7. The molecule has 0 fully saturated rings. The number of hydrogen-bond donors (Lipinski definition) is 3. The van der Waals surface area contributed by atoms with E-state index in [4.69, 9.17) is 37.0 Å². The number of aliphatic hydroxyl groups is 1. The Bertz CT molecular complexity index is 2230. The van der Waals surface area contributed by atoms with Crippen LogP contribution in [0.4, 0.5) is 0 Å². The van der Waals surface area contributed by atoms with Crippen molar-refractivity contribution in [2.45, 2.75) is 367 Å². The Morgan fingerprint density at radius 1 is 0.290 bits per heavy atom. The largest absolute Gasteiger partial charge is 0.472 e. The lowest BCUT2D eigenvalue weighted by Crippen LogP contribution is -2.30. The second-order valence-corrected chi connectivity index (χ2v) is 29.5. The number of hydrogen-bond acceptors (Lipinski definition) is 15. The molecular formula is C81H144O17P2. The maximum Gasteiger partial charge on any atom is 0.472 e. The Kier molecular flexibility index (Phi) is 70.8. The van der Waals surface area contributed by atoms with Crippen LogP contribution in [0, 0.1) is 0 Å². The van der Waals surface area contributed by atoms with E-state index in [-0.39, 0.29) is 25.7 Å². The summed E-state index contributed by atoms with van der Waals surface area (Å²) in [7, 11) is -9.95. The second-order valence-electron chi connectivity index (χ2n) is 26.6. The van der Waals surface area contributed by atoms with Crippen molar-refractivity contribution in [1.82, 2.24) is 0 Å².